The van der Waals surface area contributed by atoms with Crippen molar-refractivity contribution < 1.29 is 18.6 Å². The molecule has 0 atom stereocenters. The molecule has 0 bridgehead atoms. The monoisotopic (exact) mass is 347 g/mol. The summed E-state index contributed by atoms with van der Waals surface area (Å²) in [6.45, 7) is -1.11. The van der Waals surface area contributed by atoms with Crippen LogP contribution in [-0.4, -0.2) is 49.2 Å². The van der Waals surface area contributed by atoms with Gasteiger partial charge in [0.2, 0.25) is 10.0 Å². The van der Waals surface area contributed by atoms with E-state index in [1.54, 1.807) is 0 Å². The van der Waals surface area contributed by atoms with Crippen molar-refractivity contribution >= 4 is 44.8 Å². The molecule has 1 aromatic rings. The highest BCUT2D eigenvalue weighted by molar-refractivity contribution is 7.89. The molecular weight excluding hydrogens is 337 g/mol. The average Bonchev–Trinajstić information content (AvgIpc) is 2.26. The average molecular weight is 349 g/mol. The third-order valence-corrected chi connectivity index (χ3v) is 5.30. The molecule has 1 aromatic carbocycles. The van der Waals surface area contributed by atoms with Crippen LogP contribution in [0.2, 0.25) is 15.1 Å². The maximum atomic E-state index is 12.4. The number of sulfonamides is 1. The normalized spacial score (nSPS) is 12.1. The number of rotatable bonds is 6. The summed E-state index contributed by atoms with van der Waals surface area (Å²) in [4.78, 5) is -0.290. The summed E-state index contributed by atoms with van der Waals surface area (Å²) >= 11 is 17.4. The molecule has 108 valence electrons. The fourth-order valence-corrected chi connectivity index (χ4v) is 4.39. The largest absolute Gasteiger partial charge is 0.395 e. The van der Waals surface area contributed by atoms with Gasteiger partial charge in [0, 0.05) is 18.1 Å². The first-order valence-electron chi connectivity index (χ1n) is 5.21. The van der Waals surface area contributed by atoms with Gasteiger partial charge in [-0.15, -0.1) is 0 Å². The second-order valence-corrected chi connectivity index (χ2v) is 6.68. The Morgan fingerprint density at radius 2 is 1.42 bits per heavy atom. The zero-order valence-electron chi connectivity index (χ0n) is 9.68. The topological polar surface area (TPSA) is 77.8 Å². The van der Waals surface area contributed by atoms with Gasteiger partial charge in [0.1, 0.15) is 4.90 Å². The number of aliphatic hydroxyl groups excluding tert-OH is 2. The van der Waals surface area contributed by atoms with E-state index in [-0.39, 0.29) is 46.3 Å². The quantitative estimate of drug-likeness (QED) is 0.819. The van der Waals surface area contributed by atoms with Crippen molar-refractivity contribution in [1.29, 1.82) is 0 Å². The molecule has 0 amide bonds. The lowest BCUT2D eigenvalue weighted by atomic mass is 10.4. The predicted octanol–water partition coefficient (Wildman–Crippen LogP) is 1.62. The maximum absolute atomic E-state index is 12.4. The van der Waals surface area contributed by atoms with E-state index in [9.17, 15) is 8.42 Å². The SMILES string of the molecule is O=S(=O)(c1c(Cl)cc(Cl)cc1Cl)N(CCO)CCO. The van der Waals surface area contributed by atoms with Gasteiger partial charge in [0.25, 0.3) is 0 Å². The minimum atomic E-state index is -4.01. The Morgan fingerprint density at radius 1 is 1.00 bits per heavy atom. The van der Waals surface area contributed by atoms with Crippen LogP contribution < -0.4 is 0 Å². The Hall–Kier alpha value is -0.0800. The molecule has 0 aromatic heterocycles. The van der Waals surface area contributed by atoms with E-state index in [0.717, 1.165) is 4.31 Å². The lowest BCUT2D eigenvalue weighted by molar-refractivity contribution is 0.217. The lowest BCUT2D eigenvalue weighted by Crippen LogP contribution is -2.36. The number of nitrogens with zero attached hydrogens (tertiary/aromatic N) is 1. The molecule has 0 saturated heterocycles. The van der Waals surface area contributed by atoms with Crippen molar-refractivity contribution in [3.05, 3.63) is 27.2 Å². The molecular formula is C10H12Cl3NO4S. The van der Waals surface area contributed by atoms with Gasteiger partial charge in [-0.2, -0.15) is 4.31 Å². The maximum Gasteiger partial charge on any atom is 0.246 e. The zero-order chi connectivity index (χ0) is 14.6. The van der Waals surface area contributed by atoms with E-state index in [2.05, 4.69) is 0 Å². The molecule has 2 N–H and O–H groups in total. The second-order valence-electron chi connectivity index (χ2n) is 3.55. The Kier molecular flexibility index (Phi) is 6.32. The van der Waals surface area contributed by atoms with E-state index in [1.807, 2.05) is 0 Å². The lowest BCUT2D eigenvalue weighted by Gasteiger charge is -2.21. The molecule has 5 nitrogen and oxygen atoms in total. The molecule has 0 unspecified atom stereocenters. The third kappa shape index (κ3) is 3.95. The number of hydrogen-bond acceptors (Lipinski definition) is 4. The molecule has 0 radical (unpaired) electrons. The second kappa shape index (κ2) is 7.08. The standard InChI is InChI=1S/C10H12Cl3NO4S/c11-7-5-8(12)10(9(13)6-7)19(17,18)14(1-3-15)2-4-16/h5-6,15-16H,1-4H2. The van der Waals surface area contributed by atoms with Crippen molar-refractivity contribution in [2.24, 2.45) is 0 Å². The zero-order valence-corrected chi connectivity index (χ0v) is 12.8. The summed E-state index contributed by atoms with van der Waals surface area (Å²) in [5.74, 6) is 0. The number of benzene rings is 1. The summed E-state index contributed by atoms with van der Waals surface area (Å²) in [5.41, 5.74) is 0. The van der Waals surface area contributed by atoms with E-state index in [0.29, 0.717) is 0 Å². The molecule has 0 saturated carbocycles. The molecule has 0 heterocycles. The van der Waals surface area contributed by atoms with Crippen molar-refractivity contribution in [2.45, 2.75) is 4.90 Å². The van der Waals surface area contributed by atoms with E-state index in [4.69, 9.17) is 45.0 Å². The van der Waals surface area contributed by atoms with Gasteiger partial charge in [0.05, 0.1) is 23.3 Å². The minimum absolute atomic E-state index is 0.113. The highest BCUT2D eigenvalue weighted by atomic mass is 35.5. The molecule has 0 aliphatic carbocycles. The summed E-state index contributed by atoms with van der Waals surface area (Å²) < 4.78 is 25.6. The Balaban J connectivity index is 3.33. The van der Waals surface area contributed by atoms with Crippen LogP contribution in [0.1, 0.15) is 0 Å². The molecule has 1 rings (SSSR count). The van der Waals surface area contributed by atoms with Gasteiger partial charge in [-0.1, -0.05) is 34.8 Å². The fraction of sp³-hybridized carbons (Fsp3) is 0.400. The predicted molar refractivity (Wildman–Crippen MR) is 74.4 cm³/mol. The van der Waals surface area contributed by atoms with Crippen LogP contribution >= 0.6 is 34.8 Å². The van der Waals surface area contributed by atoms with Crippen LogP contribution in [0.25, 0.3) is 0 Å². The molecule has 19 heavy (non-hydrogen) atoms. The van der Waals surface area contributed by atoms with Crippen LogP contribution in [0.3, 0.4) is 0 Å². The van der Waals surface area contributed by atoms with Gasteiger partial charge < -0.3 is 10.2 Å². The third-order valence-electron chi connectivity index (χ3n) is 2.26. The smallest absolute Gasteiger partial charge is 0.246 e. The van der Waals surface area contributed by atoms with Gasteiger partial charge >= 0.3 is 0 Å². The summed E-state index contributed by atoms with van der Waals surface area (Å²) in [6.07, 6.45) is 0. The first-order chi connectivity index (χ1) is 8.84. The summed E-state index contributed by atoms with van der Waals surface area (Å²) in [5, 5.41) is 17.8. The van der Waals surface area contributed by atoms with Crippen molar-refractivity contribution in [1.82, 2.24) is 4.31 Å². The van der Waals surface area contributed by atoms with Crippen LogP contribution in [0, 0.1) is 0 Å². The van der Waals surface area contributed by atoms with Gasteiger partial charge in [-0.25, -0.2) is 8.42 Å². The molecule has 9 heteroatoms. The van der Waals surface area contributed by atoms with Crippen LogP contribution in [0.5, 0.6) is 0 Å². The molecule has 0 spiro atoms. The fourth-order valence-electron chi connectivity index (χ4n) is 1.48. The van der Waals surface area contributed by atoms with Crippen molar-refractivity contribution in [3.8, 4) is 0 Å². The number of aliphatic hydroxyl groups is 2. The molecule has 0 aliphatic heterocycles. The van der Waals surface area contributed by atoms with Gasteiger partial charge in [0.15, 0.2) is 0 Å². The number of hydrogen-bond donors (Lipinski definition) is 2. The van der Waals surface area contributed by atoms with Gasteiger partial charge in [-0.05, 0) is 12.1 Å². The first-order valence-corrected chi connectivity index (χ1v) is 7.78. The van der Waals surface area contributed by atoms with Crippen molar-refractivity contribution in [3.63, 3.8) is 0 Å². The Labute approximate surface area is 126 Å². The Bertz CT molecular complexity index is 521. The van der Waals surface area contributed by atoms with Crippen LogP contribution in [-0.2, 0) is 10.0 Å². The minimum Gasteiger partial charge on any atom is -0.395 e. The van der Waals surface area contributed by atoms with E-state index >= 15 is 0 Å². The summed E-state index contributed by atoms with van der Waals surface area (Å²) in [6, 6.07) is 2.52. The summed E-state index contributed by atoms with van der Waals surface area (Å²) in [7, 11) is -4.01. The highest BCUT2D eigenvalue weighted by Gasteiger charge is 2.28. The van der Waals surface area contributed by atoms with Crippen molar-refractivity contribution in [2.75, 3.05) is 26.3 Å². The van der Waals surface area contributed by atoms with Crippen LogP contribution in [0.4, 0.5) is 0 Å². The number of halogens is 3. The van der Waals surface area contributed by atoms with Crippen LogP contribution in [0.15, 0.2) is 17.0 Å². The molecule has 0 fully saturated rings. The Morgan fingerprint density at radius 3 is 1.79 bits per heavy atom. The highest BCUT2D eigenvalue weighted by Crippen LogP contribution is 2.34. The van der Waals surface area contributed by atoms with Gasteiger partial charge in [-0.3, -0.25) is 0 Å². The molecule has 0 aliphatic rings. The van der Waals surface area contributed by atoms with E-state index in [1.165, 1.54) is 12.1 Å². The first kappa shape index (κ1) is 17.0. The van der Waals surface area contributed by atoms with E-state index < -0.39 is 10.0 Å².